The Morgan fingerprint density at radius 3 is 2.65 bits per heavy atom. The number of carbonyl (C=O) groups is 1. The number of hydrogen-bond acceptors (Lipinski definition) is 8. The van der Waals surface area contributed by atoms with E-state index in [0.717, 1.165) is 6.07 Å². The smallest absolute Gasteiger partial charge is 0.417 e. The van der Waals surface area contributed by atoms with Gasteiger partial charge in [-0.1, -0.05) is 6.58 Å². The number of amides is 1. The Morgan fingerprint density at radius 2 is 2.02 bits per heavy atom. The van der Waals surface area contributed by atoms with Gasteiger partial charge in [0.05, 0.1) is 29.7 Å². The Hall–Kier alpha value is -3.52. The Balaban J connectivity index is 1.52. The summed E-state index contributed by atoms with van der Waals surface area (Å²) >= 11 is 0. The largest absolute Gasteiger partial charge is 0.462 e. The lowest BCUT2D eigenvalue weighted by Gasteiger charge is -2.41. The molecule has 3 aliphatic heterocycles. The van der Waals surface area contributed by atoms with Crippen LogP contribution in [0.5, 0.6) is 6.01 Å². The first-order valence-electron chi connectivity index (χ1n) is 14.1. The van der Waals surface area contributed by atoms with E-state index >= 15 is 4.39 Å². The predicted octanol–water partition coefficient (Wildman–Crippen LogP) is 3.98. The lowest BCUT2D eigenvalue weighted by molar-refractivity contribution is -0.140. The van der Waals surface area contributed by atoms with E-state index in [4.69, 9.17) is 15.2 Å². The molecule has 2 aromatic rings. The molecule has 1 unspecified atom stereocenters. The molecule has 14 heteroatoms. The van der Waals surface area contributed by atoms with Crippen LogP contribution in [0.3, 0.4) is 0 Å². The number of anilines is 2. The Morgan fingerprint density at radius 1 is 1.28 bits per heavy atom. The summed E-state index contributed by atoms with van der Waals surface area (Å²) < 4.78 is 83.5. The summed E-state index contributed by atoms with van der Waals surface area (Å²) in [6.45, 7) is 8.07. The molecule has 234 valence electrons. The summed E-state index contributed by atoms with van der Waals surface area (Å²) in [6, 6.07) is 0.536. The molecular formula is C29H35F5N6O3. The molecule has 9 nitrogen and oxygen atoms in total. The molecule has 0 saturated carbocycles. The highest BCUT2D eigenvalue weighted by molar-refractivity contribution is 5.87. The van der Waals surface area contributed by atoms with Crippen molar-refractivity contribution in [3.8, 4) is 6.01 Å². The number of piperazine rings is 1. The standard InChI is InChI=1S/C29H35F5N6O3/c1-5-23(41)39-6-7-40(16(3)11-39)27-19-14-42-22(24-25(29(32,33)34)15(2)8-20(35)26(24)31)10-21(19)36-28(37-27)43-13-18-9-17(30)12-38(18)4/h5,8,16-18,22H,1,6-7,9-14,35H2,2-4H3/t16-,17+,18-,22?/m0/s1. The van der Waals surface area contributed by atoms with Crippen LogP contribution in [0, 0.1) is 12.7 Å². The van der Waals surface area contributed by atoms with Crippen molar-refractivity contribution in [2.45, 2.75) is 63.8 Å². The normalized spacial score (nSPS) is 24.7. The number of alkyl halides is 4. The van der Waals surface area contributed by atoms with Crippen molar-refractivity contribution in [2.24, 2.45) is 0 Å². The minimum Gasteiger partial charge on any atom is -0.462 e. The van der Waals surface area contributed by atoms with E-state index in [1.54, 1.807) is 11.9 Å². The summed E-state index contributed by atoms with van der Waals surface area (Å²) in [5, 5.41) is 0. The Labute approximate surface area is 246 Å². The highest BCUT2D eigenvalue weighted by atomic mass is 19.4. The van der Waals surface area contributed by atoms with Crippen molar-refractivity contribution < 1.29 is 36.2 Å². The van der Waals surface area contributed by atoms with Gasteiger partial charge in [0.2, 0.25) is 5.91 Å². The number of aryl methyl sites for hydroxylation is 1. The fraction of sp³-hybridized carbons (Fsp3) is 0.552. The van der Waals surface area contributed by atoms with Gasteiger partial charge in [-0.2, -0.15) is 23.1 Å². The average Bonchev–Trinajstić information content (AvgIpc) is 3.28. The number of nitrogen functional groups attached to an aromatic ring is 1. The highest BCUT2D eigenvalue weighted by Crippen LogP contribution is 2.44. The zero-order valence-corrected chi connectivity index (χ0v) is 24.3. The van der Waals surface area contributed by atoms with Crippen LogP contribution >= 0.6 is 0 Å². The number of nitrogens with zero attached hydrogens (tertiary/aromatic N) is 5. The van der Waals surface area contributed by atoms with Crippen LogP contribution in [0.15, 0.2) is 18.7 Å². The van der Waals surface area contributed by atoms with Crippen molar-refractivity contribution in [2.75, 3.05) is 50.5 Å². The van der Waals surface area contributed by atoms with E-state index in [2.05, 4.69) is 16.5 Å². The molecule has 1 aromatic heterocycles. The summed E-state index contributed by atoms with van der Waals surface area (Å²) in [6.07, 6.45) is -5.80. The SMILES string of the molecule is C=CC(=O)N1CCN(c2nc(OC[C@@H]3C[C@@H](F)CN3C)nc3c2COC(c2c(F)c(N)cc(C)c2C(F)(F)F)C3)[C@@H](C)C1. The van der Waals surface area contributed by atoms with Crippen molar-refractivity contribution in [3.05, 3.63) is 52.5 Å². The van der Waals surface area contributed by atoms with E-state index in [0.29, 0.717) is 36.7 Å². The number of nitrogens with two attached hydrogens (primary N) is 1. The number of likely N-dealkylation sites (tertiary alicyclic amines) is 1. The third-order valence-electron chi connectivity index (χ3n) is 8.42. The number of hydrogen-bond donors (Lipinski definition) is 1. The predicted molar refractivity (Wildman–Crippen MR) is 149 cm³/mol. The first kappa shape index (κ1) is 30.9. The molecule has 1 aromatic carbocycles. The maximum Gasteiger partial charge on any atom is 0.417 e. The molecule has 4 atom stereocenters. The topological polar surface area (TPSA) is 97.0 Å². The zero-order valence-electron chi connectivity index (χ0n) is 24.3. The lowest BCUT2D eigenvalue weighted by atomic mass is 9.91. The molecule has 1 amide bonds. The lowest BCUT2D eigenvalue weighted by Crippen LogP contribution is -2.54. The molecule has 0 bridgehead atoms. The van der Waals surface area contributed by atoms with Gasteiger partial charge in [0.1, 0.15) is 18.6 Å². The monoisotopic (exact) mass is 610 g/mol. The van der Waals surface area contributed by atoms with Crippen molar-refractivity contribution in [3.63, 3.8) is 0 Å². The molecule has 3 aliphatic rings. The van der Waals surface area contributed by atoms with Crippen LogP contribution in [0.4, 0.5) is 33.5 Å². The van der Waals surface area contributed by atoms with Gasteiger partial charge in [-0.25, -0.2) is 8.78 Å². The number of halogens is 5. The maximum absolute atomic E-state index is 15.3. The van der Waals surface area contributed by atoms with Crippen LogP contribution in [-0.2, 0) is 28.7 Å². The van der Waals surface area contributed by atoms with Gasteiger partial charge in [0.15, 0.2) is 5.82 Å². The molecule has 4 heterocycles. The first-order valence-corrected chi connectivity index (χ1v) is 14.1. The summed E-state index contributed by atoms with van der Waals surface area (Å²) in [5.41, 5.74) is 4.22. The number of rotatable bonds is 6. The van der Waals surface area contributed by atoms with E-state index in [1.165, 1.54) is 13.0 Å². The number of ether oxygens (including phenoxy) is 2. The average molecular weight is 611 g/mol. The zero-order chi connectivity index (χ0) is 31.2. The van der Waals surface area contributed by atoms with Gasteiger partial charge in [0.25, 0.3) is 0 Å². The molecule has 0 aliphatic carbocycles. The quantitative estimate of drug-likeness (QED) is 0.298. The maximum atomic E-state index is 15.3. The van der Waals surface area contributed by atoms with E-state index in [9.17, 15) is 22.4 Å². The second-order valence-electron chi connectivity index (χ2n) is 11.4. The molecule has 2 saturated heterocycles. The van der Waals surface area contributed by atoms with E-state index in [-0.39, 0.29) is 62.2 Å². The van der Waals surface area contributed by atoms with Gasteiger partial charge < -0.3 is 25.0 Å². The number of likely N-dealkylation sites (N-methyl/N-ethyl adjacent to an activating group) is 1. The van der Waals surface area contributed by atoms with Gasteiger partial charge in [0, 0.05) is 55.8 Å². The molecule has 43 heavy (non-hydrogen) atoms. The van der Waals surface area contributed by atoms with Gasteiger partial charge in [-0.3, -0.25) is 9.69 Å². The van der Waals surface area contributed by atoms with Gasteiger partial charge >= 0.3 is 12.2 Å². The van der Waals surface area contributed by atoms with Crippen molar-refractivity contribution in [1.82, 2.24) is 19.8 Å². The molecule has 5 rings (SSSR count). The first-order chi connectivity index (χ1) is 20.3. The van der Waals surface area contributed by atoms with Crippen LogP contribution in [0.25, 0.3) is 0 Å². The van der Waals surface area contributed by atoms with Gasteiger partial charge in [-0.05, 0) is 45.0 Å². The Kier molecular flexibility index (Phi) is 8.54. The van der Waals surface area contributed by atoms with Crippen LogP contribution < -0.4 is 15.4 Å². The number of carbonyl (C=O) groups excluding carboxylic acids is 1. The van der Waals surface area contributed by atoms with E-state index < -0.39 is 41.1 Å². The molecule has 2 fully saturated rings. The molecule has 0 radical (unpaired) electrons. The molecule has 2 N–H and O–H groups in total. The molecular weight excluding hydrogens is 575 g/mol. The number of benzene rings is 1. The van der Waals surface area contributed by atoms with Crippen molar-refractivity contribution in [1.29, 1.82) is 0 Å². The number of fused-ring (bicyclic) bond motifs is 1. The highest BCUT2D eigenvalue weighted by Gasteiger charge is 2.42. The minimum absolute atomic E-state index is 0.0258. The minimum atomic E-state index is -4.84. The fourth-order valence-corrected chi connectivity index (χ4v) is 6.22. The third kappa shape index (κ3) is 6.12. The second kappa shape index (κ2) is 11.9. The van der Waals surface area contributed by atoms with Gasteiger partial charge in [-0.15, -0.1) is 0 Å². The van der Waals surface area contributed by atoms with Crippen LogP contribution in [0.1, 0.15) is 47.4 Å². The summed E-state index contributed by atoms with van der Waals surface area (Å²) in [7, 11) is 1.79. The fourth-order valence-electron chi connectivity index (χ4n) is 6.22. The third-order valence-corrected chi connectivity index (χ3v) is 8.42. The summed E-state index contributed by atoms with van der Waals surface area (Å²) in [4.78, 5) is 26.9. The number of aromatic nitrogens is 2. The van der Waals surface area contributed by atoms with Crippen molar-refractivity contribution >= 4 is 17.4 Å². The summed E-state index contributed by atoms with van der Waals surface area (Å²) in [5.74, 6) is -0.919. The van der Waals surface area contributed by atoms with Crippen LogP contribution in [-0.4, -0.2) is 83.8 Å². The second-order valence-corrected chi connectivity index (χ2v) is 11.4. The molecule has 0 spiro atoms. The van der Waals surface area contributed by atoms with E-state index in [1.807, 2.05) is 16.7 Å². The van der Waals surface area contributed by atoms with Crippen LogP contribution in [0.2, 0.25) is 0 Å². The Bertz CT molecular complexity index is 1410.